The van der Waals surface area contributed by atoms with Gasteiger partial charge < -0.3 is 10.6 Å². The largest absolute Gasteiger partial charge is 0.366 e. The van der Waals surface area contributed by atoms with Crippen LogP contribution in [0.2, 0.25) is 5.02 Å². The summed E-state index contributed by atoms with van der Waals surface area (Å²) in [6.45, 7) is 1.91. The van der Waals surface area contributed by atoms with Crippen LogP contribution >= 0.6 is 11.6 Å². The van der Waals surface area contributed by atoms with Crippen molar-refractivity contribution in [3.8, 4) is 0 Å². The number of rotatable bonds is 4. The van der Waals surface area contributed by atoms with Crippen molar-refractivity contribution in [2.45, 2.75) is 45.1 Å². The lowest BCUT2D eigenvalue weighted by molar-refractivity contribution is 0.102. The molecule has 24 heavy (non-hydrogen) atoms. The Bertz CT molecular complexity index is 711. The summed E-state index contributed by atoms with van der Waals surface area (Å²) in [7, 11) is 0. The molecule has 0 unspecified atom stereocenters. The fraction of sp³-hybridized carbons (Fsp3) is 0.389. The molecule has 1 fully saturated rings. The molecule has 0 bridgehead atoms. The summed E-state index contributed by atoms with van der Waals surface area (Å²) in [5, 5.41) is 15.0. The van der Waals surface area contributed by atoms with Gasteiger partial charge in [0.2, 0.25) is 0 Å². The Balaban J connectivity index is 1.64. The summed E-state index contributed by atoms with van der Waals surface area (Å²) in [6, 6.07) is 9.33. The molecule has 2 N–H and O–H groups in total. The van der Waals surface area contributed by atoms with Crippen LogP contribution < -0.4 is 10.6 Å². The SMILES string of the molecule is Cc1ccc(Cl)cc1NC(=O)c1ccc(NC2CCCCC2)nn1. The third-order valence-corrected chi connectivity index (χ3v) is 4.54. The molecule has 1 aromatic carbocycles. The van der Waals surface area contributed by atoms with Gasteiger partial charge in [0, 0.05) is 16.8 Å². The quantitative estimate of drug-likeness (QED) is 0.860. The van der Waals surface area contributed by atoms with Gasteiger partial charge >= 0.3 is 0 Å². The molecule has 126 valence electrons. The minimum atomic E-state index is -0.294. The van der Waals surface area contributed by atoms with Crippen LogP contribution in [0.25, 0.3) is 0 Å². The van der Waals surface area contributed by atoms with Crippen LogP contribution in [0.4, 0.5) is 11.5 Å². The number of benzene rings is 1. The van der Waals surface area contributed by atoms with Crippen molar-refractivity contribution in [3.05, 3.63) is 46.6 Å². The molecule has 3 rings (SSSR count). The van der Waals surface area contributed by atoms with E-state index in [1.807, 2.05) is 13.0 Å². The molecular formula is C18H21ClN4O. The Kier molecular flexibility index (Phi) is 5.30. The maximum absolute atomic E-state index is 12.3. The Morgan fingerprint density at radius 3 is 2.62 bits per heavy atom. The highest BCUT2D eigenvalue weighted by Gasteiger charge is 2.15. The van der Waals surface area contributed by atoms with Crippen molar-refractivity contribution in [3.63, 3.8) is 0 Å². The minimum absolute atomic E-state index is 0.281. The lowest BCUT2D eigenvalue weighted by Gasteiger charge is -2.22. The standard InChI is InChI=1S/C18H21ClN4O/c1-12-7-8-13(19)11-16(12)21-18(24)15-9-10-17(23-22-15)20-14-5-3-2-4-6-14/h7-11,14H,2-6H2,1H3,(H,20,23)(H,21,24). The van der Waals surface area contributed by atoms with E-state index in [4.69, 9.17) is 11.6 Å². The molecule has 1 heterocycles. The average Bonchev–Trinajstić information content (AvgIpc) is 2.60. The molecule has 1 aliphatic carbocycles. The molecule has 1 saturated carbocycles. The van der Waals surface area contributed by atoms with Crippen LogP contribution in [-0.2, 0) is 0 Å². The maximum Gasteiger partial charge on any atom is 0.276 e. The molecule has 0 spiro atoms. The predicted molar refractivity (Wildman–Crippen MR) is 96.7 cm³/mol. The summed E-state index contributed by atoms with van der Waals surface area (Å²) >= 11 is 5.97. The maximum atomic E-state index is 12.3. The van der Waals surface area contributed by atoms with E-state index in [1.54, 1.807) is 24.3 Å². The number of hydrogen-bond acceptors (Lipinski definition) is 4. The number of carbonyl (C=O) groups is 1. The fourth-order valence-electron chi connectivity index (χ4n) is 2.90. The second-order valence-electron chi connectivity index (χ2n) is 6.20. The number of aromatic nitrogens is 2. The molecule has 0 radical (unpaired) electrons. The second kappa shape index (κ2) is 7.62. The van der Waals surface area contributed by atoms with Crippen LogP contribution in [0.15, 0.2) is 30.3 Å². The molecule has 1 aliphatic rings. The number of nitrogens with one attached hydrogen (secondary N) is 2. The molecule has 2 aromatic rings. The third-order valence-electron chi connectivity index (χ3n) is 4.30. The normalized spacial score (nSPS) is 15.1. The van der Waals surface area contributed by atoms with Crippen LogP contribution in [0, 0.1) is 6.92 Å². The fourth-order valence-corrected chi connectivity index (χ4v) is 3.07. The number of carbonyl (C=O) groups excluding carboxylic acids is 1. The summed E-state index contributed by atoms with van der Waals surface area (Å²) in [5.74, 6) is 0.425. The van der Waals surface area contributed by atoms with Crippen molar-refractivity contribution >= 4 is 29.0 Å². The van der Waals surface area contributed by atoms with Crippen molar-refractivity contribution < 1.29 is 4.79 Å². The number of nitrogens with zero attached hydrogens (tertiary/aromatic N) is 2. The lowest BCUT2D eigenvalue weighted by Crippen LogP contribution is -2.23. The van der Waals surface area contributed by atoms with E-state index in [0.717, 1.165) is 24.2 Å². The van der Waals surface area contributed by atoms with E-state index in [0.29, 0.717) is 16.8 Å². The summed E-state index contributed by atoms with van der Waals surface area (Å²) in [5.41, 5.74) is 1.90. The zero-order valence-electron chi connectivity index (χ0n) is 13.7. The highest BCUT2D eigenvalue weighted by Crippen LogP contribution is 2.22. The molecule has 6 heteroatoms. The van der Waals surface area contributed by atoms with Crippen LogP contribution in [0.1, 0.15) is 48.2 Å². The Morgan fingerprint density at radius 2 is 1.92 bits per heavy atom. The van der Waals surface area contributed by atoms with E-state index in [1.165, 1.54) is 19.3 Å². The smallest absolute Gasteiger partial charge is 0.276 e. The third kappa shape index (κ3) is 4.23. The minimum Gasteiger partial charge on any atom is -0.366 e. The molecular weight excluding hydrogens is 324 g/mol. The first-order valence-electron chi connectivity index (χ1n) is 8.29. The summed E-state index contributed by atoms with van der Waals surface area (Å²) in [4.78, 5) is 12.3. The van der Waals surface area contributed by atoms with Gasteiger partial charge in [0.1, 0.15) is 5.82 Å². The van der Waals surface area contributed by atoms with E-state index in [2.05, 4.69) is 20.8 Å². The molecule has 5 nitrogen and oxygen atoms in total. The number of halogens is 1. The monoisotopic (exact) mass is 344 g/mol. The average molecular weight is 345 g/mol. The number of anilines is 2. The Hall–Kier alpha value is -2.14. The van der Waals surface area contributed by atoms with E-state index in [-0.39, 0.29) is 11.6 Å². The number of hydrogen-bond donors (Lipinski definition) is 2. The number of amides is 1. The van der Waals surface area contributed by atoms with E-state index < -0.39 is 0 Å². The zero-order valence-corrected chi connectivity index (χ0v) is 14.4. The second-order valence-corrected chi connectivity index (χ2v) is 6.63. The number of aryl methyl sites for hydroxylation is 1. The Morgan fingerprint density at radius 1 is 1.12 bits per heavy atom. The van der Waals surface area contributed by atoms with Gasteiger partial charge in [-0.25, -0.2) is 0 Å². The van der Waals surface area contributed by atoms with E-state index >= 15 is 0 Å². The van der Waals surface area contributed by atoms with Gasteiger partial charge in [0.15, 0.2) is 5.69 Å². The van der Waals surface area contributed by atoms with Crippen LogP contribution in [0.3, 0.4) is 0 Å². The molecule has 1 aromatic heterocycles. The van der Waals surface area contributed by atoms with Gasteiger partial charge in [-0.3, -0.25) is 4.79 Å². The van der Waals surface area contributed by atoms with Gasteiger partial charge in [0.25, 0.3) is 5.91 Å². The van der Waals surface area contributed by atoms with E-state index in [9.17, 15) is 4.79 Å². The van der Waals surface area contributed by atoms with Gasteiger partial charge in [-0.05, 0) is 49.6 Å². The van der Waals surface area contributed by atoms with Crippen molar-refractivity contribution in [1.29, 1.82) is 0 Å². The highest BCUT2D eigenvalue weighted by molar-refractivity contribution is 6.31. The first kappa shape index (κ1) is 16.7. The topological polar surface area (TPSA) is 66.9 Å². The van der Waals surface area contributed by atoms with Crippen LogP contribution in [-0.4, -0.2) is 22.1 Å². The first-order chi connectivity index (χ1) is 11.6. The molecule has 1 amide bonds. The van der Waals surface area contributed by atoms with Crippen molar-refractivity contribution in [1.82, 2.24) is 10.2 Å². The first-order valence-corrected chi connectivity index (χ1v) is 8.67. The molecule has 0 saturated heterocycles. The Labute approximate surface area is 146 Å². The summed E-state index contributed by atoms with van der Waals surface area (Å²) < 4.78 is 0. The van der Waals surface area contributed by atoms with Crippen LogP contribution in [0.5, 0.6) is 0 Å². The van der Waals surface area contributed by atoms with Crippen molar-refractivity contribution in [2.24, 2.45) is 0 Å². The van der Waals surface area contributed by atoms with Gasteiger partial charge in [-0.1, -0.05) is 36.9 Å². The summed E-state index contributed by atoms with van der Waals surface area (Å²) in [6.07, 6.45) is 6.15. The lowest BCUT2D eigenvalue weighted by atomic mass is 9.95. The molecule has 0 atom stereocenters. The zero-order chi connectivity index (χ0) is 16.9. The van der Waals surface area contributed by atoms with Gasteiger partial charge in [-0.2, -0.15) is 0 Å². The predicted octanol–water partition coefficient (Wildman–Crippen LogP) is 4.44. The molecule has 0 aliphatic heterocycles. The van der Waals surface area contributed by atoms with Gasteiger partial charge in [0.05, 0.1) is 0 Å². The highest BCUT2D eigenvalue weighted by atomic mass is 35.5. The van der Waals surface area contributed by atoms with Crippen molar-refractivity contribution in [2.75, 3.05) is 10.6 Å². The van der Waals surface area contributed by atoms with Gasteiger partial charge in [-0.15, -0.1) is 10.2 Å².